The van der Waals surface area contributed by atoms with Crippen molar-refractivity contribution in [3.05, 3.63) is 18.7 Å². The van der Waals surface area contributed by atoms with Crippen molar-refractivity contribution in [2.75, 3.05) is 0 Å². The number of nitrogens with one attached hydrogen (secondary N) is 1. The third-order valence-electron chi connectivity index (χ3n) is 1.81. The Kier molecular flexibility index (Phi) is 3.71. The Bertz CT molecular complexity index is 402. The molecule has 0 bridgehead atoms. The number of aliphatic carboxylic acids is 1. The topological polar surface area (TPSA) is 84.2 Å². The molecule has 1 amide bonds. The standard InChI is InChI=1S/C8H8F3N3O3/c9-8(10,11)7(17)13-5(6(15)16)3-14-2-1-12-4-14/h1-2,4-5H,3H2,(H,13,17)(H,15,16). The van der Waals surface area contributed by atoms with Gasteiger partial charge in [-0.2, -0.15) is 13.2 Å². The lowest BCUT2D eigenvalue weighted by atomic mass is 10.3. The number of imidazole rings is 1. The Hall–Kier alpha value is -2.06. The van der Waals surface area contributed by atoms with E-state index in [1.165, 1.54) is 28.6 Å². The van der Waals surface area contributed by atoms with Gasteiger partial charge >= 0.3 is 18.1 Å². The minimum absolute atomic E-state index is 0.336. The van der Waals surface area contributed by atoms with Crippen LogP contribution >= 0.6 is 0 Å². The maximum atomic E-state index is 11.9. The predicted octanol–water partition coefficient (Wildman–Crippen LogP) is 0.0148. The summed E-state index contributed by atoms with van der Waals surface area (Å²) < 4.78 is 37.0. The lowest BCUT2D eigenvalue weighted by molar-refractivity contribution is -0.175. The van der Waals surface area contributed by atoms with Crippen molar-refractivity contribution in [2.45, 2.75) is 18.8 Å². The van der Waals surface area contributed by atoms with Crippen LogP contribution in [-0.4, -0.2) is 38.8 Å². The van der Waals surface area contributed by atoms with Crippen LogP contribution in [0.4, 0.5) is 13.2 Å². The fourth-order valence-corrected chi connectivity index (χ4v) is 1.03. The molecule has 0 spiro atoms. The molecule has 0 saturated carbocycles. The second kappa shape index (κ2) is 4.85. The summed E-state index contributed by atoms with van der Waals surface area (Å²) in [6.45, 7) is -0.336. The quantitative estimate of drug-likeness (QED) is 0.789. The minimum Gasteiger partial charge on any atom is -0.480 e. The van der Waals surface area contributed by atoms with Gasteiger partial charge in [-0.1, -0.05) is 0 Å². The molecule has 6 nitrogen and oxygen atoms in total. The van der Waals surface area contributed by atoms with E-state index in [4.69, 9.17) is 5.11 Å². The van der Waals surface area contributed by atoms with Crippen molar-refractivity contribution < 1.29 is 27.9 Å². The first kappa shape index (κ1) is 13.0. The number of hydrogen-bond acceptors (Lipinski definition) is 3. The van der Waals surface area contributed by atoms with Gasteiger partial charge in [0.1, 0.15) is 6.04 Å². The summed E-state index contributed by atoms with van der Waals surface area (Å²) in [6.07, 6.45) is -1.17. The molecule has 0 saturated heterocycles. The van der Waals surface area contributed by atoms with Crippen LogP contribution in [0.2, 0.25) is 0 Å². The van der Waals surface area contributed by atoms with E-state index in [-0.39, 0.29) is 6.54 Å². The van der Waals surface area contributed by atoms with Crippen LogP contribution in [0.15, 0.2) is 18.7 Å². The molecule has 0 aromatic carbocycles. The van der Waals surface area contributed by atoms with Crippen LogP contribution < -0.4 is 5.32 Å². The van der Waals surface area contributed by atoms with Gasteiger partial charge in [0.25, 0.3) is 0 Å². The van der Waals surface area contributed by atoms with Crippen molar-refractivity contribution in [3.8, 4) is 0 Å². The highest BCUT2D eigenvalue weighted by Gasteiger charge is 2.40. The highest BCUT2D eigenvalue weighted by atomic mass is 19.4. The van der Waals surface area contributed by atoms with Crippen LogP contribution in [-0.2, 0) is 16.1 Å². The molecule has 0 aliphatic heterocycles. The van der Waals surface area contributed by atoms with Crippen LogP contribution in [0.5, 0.6) is 0 Å². The number of nitrogens with zero attached hydrogens (tertiary/aromatic N) is 2. The molecule has 2 N–H and O–H groups in total. The zero-order valence-electron chi connectivity index (χ0n) is 8.31. The first-order valence-electron chi connectivity index (χ1n) is 4.37. The first-order chi connectivity index (χ1) is 7.80. The lowest BCUT2D eigenvalue weighted by Gasteiger charge is -2.15. The Labute approximate surface area is 93.1 Å². The number of rotatable bonds is 4. The van der Waals surface area contributed by atoms with Crippen molar-refractivity contribution >= 4 is 11.9 Å². The SMILES string of the molecule is O=C(O)C(Cn1ccnc1)NC(=O)C(F)(F)F. The molecule has 1 aromatic heterocycles. The Morgan fingerprint density at radius 1 is 1.47 bits per heavy atom. The summed E-state index contributed by atoms with van der Waals surface area (Å²) in [4.78, 5) is 24.9. The molecule has 94 valence electrons. The zero-order valence-corrected chi connectivity index (χ0v) is 8.31. The molecule has 0 radical (unpaired) electrons. The summed E-state index contributed by atoms with van der Waals surface area (Å²) in [5.74, 6) is -3.85. The lowest BCUT2D eigenvalue weighted by Crippen LogP contribution is -2.48. The number of carbonyl (C=O) groups excluding carboxylic acids is 1. The normalized spacial score (nSPS) is 13.1. The van der Waals surface area contributed by atoms with Crippen LogP contribution in [0.25, 0.3) is 0 Å². The predicted molar refractivity (Wildman–Crippen MR) is 47.8 cm³/mol. The maximum Gasteiger partial charge on any atom is 0.471 e. The van der Waals surface area contributed by atoms with Gasteiger partial charge in [-0.15, -0.1) is 0 Å². The highest BCUT2D eigenvalue weighted by molar-refractivity contribution is 5.86. The van der Waals surface area contributed by atoms with Gasteiger partial charge in [0.2, 0.25) is 0 Å². The average Bonchev–Trinajstić information content (AvgIpc) is 2.67. The van der Waals surface area contributed by atoms with E-state index in [1.54, 1.807) is 0 Å². The van der Waals surface area contributed by atoms with Crippen molar-refractivity contribution in [2.24, 2.45) is 0 Å². The molecule has 1 rings (SSSR count). The first-order valence-corrected chi connectivity index (χ1v) is 4.37. The molecular weight excluding hydrogens is 243 g/mol. The second-order valence-electron chi connectivity index (χ2n) is 3.12. The van der Waals surface area contributed by atoms with E-state index < -0.39 is 24.1 Å². The molecule has 1 unspecified atom stereocenters. The van der Waals surface area contributed by atoms with Gasteiger partial charge < -0.3 is 15.0 Å². The number of alkyl halides is 3. The van der Waals surface area contributed by atoms with Gasteiger partial charge in [0.05, 0.1) is 12.9 Å². The van der Waals surface area contributed by atoms with Gasteiger partial charge in [-0.3, -0.25) is 4.79 Å². The molecule has 17 heavy (non-hydrogen) atoms. The largest absolute Gasteiger partial charge is 0.480 e. The third kappa shape index (κ3) is 3.78. The fourth-order valence-electron chi connectivity index (χ4n) is 1.03. The summed E-state index contributed by atoms with van der Waals surface area (Å²) in [5.41, 5.74) is 0. The summed E-state index contributed by atoms with van der Waals surface area (Å²) >= 11 is 0. The number of carboxylic acids is 1. The number of carboxylic acid groups (broad SMARTS) is 1. The maximum absolute atomic E-state index is 11.9. The molecule has 1 atom stereocenters. The molecular formula is C8H8F3N3O3. The van der Waals surface area contributed by atoms with Gasteiger partial charge in [-0.25, -0.2) is 9.78 Å². The molecule has 9 heteroatoms. The molecule has 1 aromatic rings. The number of hydrogen-bond donors (Lipinski definition) is 2. The van der Waals surface area contributed by atoms with E-state index in [2.05, 4.69) is 4.98 Å². The summed E-state index contributed by atoms with van der Waals surface area (Å²) in [5, 5.41) is 10.1. The smallest absolute Gasteiger partial charge is 0.471 e. The van der Waals surface area contributed by atoms with Crippen LogP contribution in [0, 0.1) is 0 Å². The fraction of sp³-hybridized carbons (Fsp3) is 0.375. The monoisotopic (exact) mass is 251 g/mol. The van der Waals surface area contributed by atoms with Crippen molar-refractivity contribution in [1.82, 2.24) is 14.9 Å². The van der Waals surface area contributed by atoms with Crippen molar-refractivity contribution in [3.63, 3.8) is 0 Å². The van der Waals surface area contributed by atoms with E-state index >= 15 is 0 Å². The Morgan fingerprint density at radius 3 is 2.53 bits per heavy atom. The zero-order chi connectivity index (χ0) is 13.1. The van der Waals surface area contributed by atoms with E-state index in [1.807, 2.05) is 0 Å². The van der Waals surface area contributed by atoms with E-state index in [0.717, 1.165) is 0 Å². The highest BCUT2D eigenvalue weighted by Crippen LogP contribution is 2.14. The number of amides is 1. The van der Waals surface area contributed by atoms with Gasteiger partial charge in [0.15, 0.2) is 0 Å². The number of aromatic nitrogens is 2. The van der Waals surface area contributed by atoms with E-state index in [9.17, 15) is 22.8 Å². The molecule has 0 fully saturated rings. The summed E-state index contributed by atoms with van der Waals surface area (Å²) in [7, 11) is 0. The number of halogens is 3. The summed E-state index contributed by atoms with van der Waals surface area (Å²) in [6, 6.07) is -1.67. The van der Waals surface area contributed by atoms with Crippen LogP contribution in [0.3, 0.4) is 0 Å². The molecule has 0 aliphatic carbocycles. The van der Waals surface area contributed by atoms with E-state index in [0.29, 0.717) is 0 Å². The Morgan fingerprint density at radius 2 is 2.12 bits per heavy atom. The average molecular weight is 251 g/mol. The number of carbonyl (C=O) groups is 2. The van der Waals surface area contributed by atoms with Gasteiger partial charge in [0, 0.05) is 12.4 Å². The minimum atomic E-state index is -5.11. The van der Waals surface area contributed by atoms with Crippen molar-refractivity contribution in [1.29, 1.82) is 0 Å². The molecule has 1 heterocycles. The third-order valence-corrected chi connectivity index (χ3v) is 1.81. The Balaban J connectivity index is 2.68. The molecule has 0 aliphatic rings. The second-order valence-corrected chi connectivity index (χ2v) is 3.12. The van der Waals surface area contributed by atoms with Gasteiger partial charge in [-0.05, 0) is 0 Å². The van der Waals surface area contributed by atoms with Crippen LogP contribution in [0.1, 0.15) is 0 Å².